The lowest BCUT2D eigenvalue weighted by Gasteiger charge is -2.23. The average Bonchev–Trinajstić information content (AvgIpc) is 3.42. The van der Waals surface area contributed by atoms with E-state index in [2.05, 4.69) is 22.1 Å². The van der Waals surface area contributed by atoms with Crippen LogP contribution in [-0.2, 0) is 14.8 Å². The van der Waals surface area contributed by atoms with Crippen molar-refractivity contribution in [2.24, 2.45) is 11.8 Å². The van der Waals surface area contributed by atoms with Gasteiger partial charge in [-0.1, -0.05) is 44.1 Å². The molecular formula is C22H25N5O3S. The van der Waals surface area contributed by atoms with Gasteiger partial charge in [0.05, 0.1) is 11.7 Å². The van der Waals surface area contributed by atoms with Crippen molar-refractivity contribution in [3.05, 3.63) is 48.1 Å². The van der Waals surface area contributed by atoms with Gasteiger partial charge in [-0.05, 0) is 24.8 Å². The van der Waals surface area contributed by atoms with Gasteiger partial charge in [-0.3, -0.25) is 9.20 Å². The van der Waals surface area contributed by atoms with E-state index >= 15 is 0 Å². The SMILES string of the molecule is CCC1CC(=O)CC1c1nnc2cnc3c(ccn3S(=O)(=O)C3C=CC(C)=CC3C)n12. The number of carbonyl (C=O) groups is 1. The number of aromatic nitrogens is 5. The molecule has 4 unspecified atom stereocenters. The number of fused-ring (bicyclic) bond motifs is 3. The third-order valence-corrected chi connectivity index (χ3v) is 8.75. The summed E-state index contributed by atoms with van der Waals surface area (Å²) in [6.07, 6.45) is 10.6. The number of nitrogens with zero attached hydrogens (tertiary/aromatic N) is 5. The number of hydrogen-bond donors (Lipinski definition) is 0. The summed E-state index contributed by atoms with van der Waals surface area (Å²) in [6, 6.07) is 1.75. The number of hydrogen-bond acceptors (Lipinski definition) is 6. The molecule has 0 amide bonds. The molecule has 0 aromatic carbocycles. The van der Waals surface area contributed by atoms with Gasteiger partial charge >= 0.3 is 0 Å². The fourth-order valence-corrected chi connectivity index (χ4v) is 6.82. The lowest BCUT2D eigenvalue weighted by Crippen LogP contribution is -2.31. The Morgan fingerprint density at radius 1 is 1.23 bits per heavy atom. The van der Waals surface area contributed by atoms with Crippen LogP contribution in [0.1, 0.15) is 51.8 Å². The van der Waals surface area contributed by atoms with Crippen LogP contribution in [0.2, 0.25) is 0 Å². The minimum Gasteiger partial charge on any atom is -0.300 e. The molecule has 0 aliphatic heterocycles. The normalized spacial score (nSPS) is 26.8. The molecule has 5 rings (SSSR count). The second-order valence-electron chi connectivity index (χ2n) is 8.69. The van der Waals surface area contributed by atoms with Crippen LogP contribution in [0.15, 0.2) is 42.3 Å². The van der Waals surface area contributed by atoms with E-state index in [9.17, 15) is 13.2 Å². The van der Waals surface area contributed by atoms with Crippen molar-refractivity contribution in [2.45, 2.75) is 51.2 Å². The molecule has 3 heterocycles. The van der Waals surface area contributed by atoms with Crippen LogP contribution in [0.5, 0.6) is 0 Å². The van der Waals surface area contributed by atoms with E-state index in [1.807, 2.05) is 30.4 Å². The first-order valence-electron chi connectivity index (χ1n) is 10.6. The molecule has 0 N–H and O–H groups in total. The van der Waals surface area contributed by atoms with Crippen molar-refractivity contribution in [3.63, 3.8) is 0 Å². The highest BCUT2D eigenvalue weighted by atomic mass is 32.2. The molecule has 3 aromatic rings. The van der Waals surface area contributed by atoms with E-state index in [4.69, 9.17) is 0 Å². The smallest absolute Gasteiger partial charge is 0.247 e. The molecule has 8 nitrogen and oxygen atoms in total. The van der Waals surface area contributed by atoms with Gasteiger partial charge in [0.2, 0.25) is 10.0 Å². The van der Waals surface area contributed by atoms with Crippen molar-refractivity contribution in [3.8, 4) is 0 Å². The molecule has 1 fully saturated rings. The monoisotopic (exact) mass is 439 g/mol. The lowest BCUT2D eigenvalue weighted by atomic mass is 9.93. The zero-order valence-electron chi connectivity index (χ0n) is 17.8. The Morgan fingerprint density at radius 3 is 2.77 bits per heavy atom. The highest BCUT2D eigenvalue weighted by molar-refractivity contribution is 7.90. The van der Waals surface area contributed by atoms with E-state index < -0.39 is 15.3 Å². The molecule has 9 heteroatoms. The number of rotatable bonds is 4. The van der Waals surface area contributed by atoms with Crippen LogP contribution in [0.4, 0.5) is 0 Å². The second kappa shape index (κ2) is 7.12. The Hall–Kier alpha value is -2.81. The van der Waals surface area contributed by atoms with E-state index in [0.717, 1.165) is 12.0 Å². The van der Waals surface area contributed by atoms with Crippen LogP contribution in [0.3, 0.4) is 0 Å². The molecular weight excluding hydrogens is 414 g/mol. The molecule has 31 heavy (non-hydrogen) atoms. The Kier molecular flexibility index (Phi) is 4.62. The predicted molar refractivity (Wildman–Crippen MR) is 117 cm³/mol. The van der Waals surface area contributed by atoms with Gasteiger partial charge in [0.15, 0.2) is 11.3 Å². The maximum Gasteiger partial charge on any atom is 0.247 e. The minimum absolute atomic E-state index is 0.0209. The molecule has 1 saturated carbocycles. The highest BCUT2D eigenvalue weighted by Gasteiger charge is 2.37. The van der Waals surface area contributed by atoms with Crippen LogP contribution < -0.4 is 0 Å². The Balaban J connectivity index is 1.65. The third kappa shape index (κ3) is 3.05. The summed E-state index contributed by atoms with van der Waals surface area (Å²) in [5.74, 6) is 1.00. The molecule has 0 radical (unpaired) electrons. The summed E-state index contributed by atoms with van der Waals surface area (Å²) in [5, 5.41) is 7.97. The average molecular weight is 440 g/mol. The maximum absolute atomic E-state index is 13.5. The molecule has 0 bridgehead atoms. The Labute approximate surface area is 180 Å². The first-order valence-corrected chi connectivity index (χ1v) is 12.2. The number of carbonyl (C=O) groups excluding carboxylic acids is 1. The maximum atomic E-state index is 13.5. The van der Waals surface area contributed by atoms with Gasteiger partial charge in [0.25, 0.3) is 0 Å². The zero-order valence-corrected chi connectivity index (χ0v) is 18.6. The Morgan fingerprint density at radius 2 is 2.03 bits per heavy atom. The van der Waals surface area contributed by atoms with Gasteiger partial charge in [-0.25, -0.2) is 17.4 Å². The highest BCUT2D eigenvalue weighted by Crippen LogP contribution is 2.39. The molecule has 162 valence electrons. The second-order valence-corrected chi connectivity index (χ2v) is 10.7. The van der Waals surface area contributed by atoms with E-state index in [1.165, 1.54) is 3.97 Å². The van der Waals surface area contributed by atoms with Crippen molar-refractivity contribution in [2.75, 3.05) is 0 Å². The van der Waals surface area contributed by atoms with Crippen LogP contribution >= 0.6 is 0 Å². The largest absolute Gasteiger partial charge is 0.300 e. The standard InChI is InChI=1S/C22H25N5O3S/c1-4-15-10-16(28)11-17(15)21-25-24-20-12-23-22-18(27(20)21)7-8-26(22)31(29,30)19-6-5-13(2)9-14(19)3/h5-9,12,14-15,17,19H,4,10-11H2,1-3H3. The number of Topliss-reactive ketones (excluding diaryl/α,β-unsaturated/α-hetero) is 1. The number of allylic oxidation sites excluding steroid dienone is 3. The van der Waals surface area contributed by atoms with Crippen molar-refractivity contribution < 1.29 is 13.2 Å². The summed E-state index contributed by atoms with van der Waals surface area (Å²) in [7, 11) is -3.71. The summed E-state index contributed by atoms with van der Waals surface area (Å²) in [5.41, 5.74) is 2.59. The van der Waals surface area contributed by atoms with Crippen LogP contribution in [0.25, 0.3) is 16.8 Å². The first-order chi connectivity index (χ1) is 14.8. The van der Waals surface area contributed by atoms with Crippen molar-refractivity contribution in [1.29, 1.82) is 0 Å². The quantitative estimate of drug-likeness (QED) is 0.619. The fraction of sp³-hybridized carbons (Fsp3) is 0.455. The lowest BCUT2D eigenvalue weighted by molar-refractivity contribution is -0.117. The van der Waals surface area contributed by atoms with E-state index in [-0.39, 0.29) is 23.5 Å². The van der Waals surface area contributed by atoms with Crippen molar-refractivity contribution >= 4 is 32.6 Å². The first kappa shape index (κ1) is 20.1. The molecule has 3 aromatic heterocycles. The summed E-state index contributed by atoms with van der Waals surface area (Å²) < 4.78 is 30.1. The topological polar surface area (TPSA) is 99.2 Å². The summed E-state index contributed by atoms with van der Waals surface area (Å²) in [4.78, 5) is 16.5. The molecule has 2 aliphatic carbocycles. The van der Waals surface area contributed by atoms with E-state index in [1.54, 1.807) is 24.5 Å². The van der Waals surface area contributed by atoms with Gasteiger partial charge in [0, 0.05) is 25.0 Å². The summed E-state index contributed by atoms with van der Waals surface area (Å²) >= 11 is 0. The summed E-state index contributed by atoms with van der Waals surface area (Å²) in [6.45, 7) is 5.95. The van der Waals surface area contributed by atoms with Crippen molar-refractivity contribution in [1.82, 2.24) is 23.6 Å². The molecule has 4 atom stereocenters. The van der Waals surface area contributed by atoms with Crippen LogP contribution in [-0.4, -0.2) is 43.0 Å². The van der Waals surface area contributed by atoms with Gasteiger partial charge in [-0.2, -0.15) is 0 Å². The third-order valence-electron chi connectivity index (χ3n) is 6.64. The minimum atomic E-state index is -3.71. The van der Waals surface area contributed by atoms with Gasteiger partial charge in [-0.15, -0.1) is 10.2 Å². The molecule has 0 spiro atoms. The zero-order chi connectivity index (χ0) is 21.9. The van der Waals surface area contributed by atoms with Gasteiger partial charge in [0.1, 0.15) is 16.9 Å². The predicted octanol–water partition coefficient (Wildman–Crippen LogP) is 3.25. The molecule has 0 saturated heterocycles. The Bertz CT molecular complexity index is 1360. The van der Waals surface area contributed by atoms with Gasteiger partial charge < -0.3 is 0 Å². The fourth-order valence-electron chi connectivity index (χ4n) is 5.05. The number of ketones is 1. The molecule has 2 aliphatic rings. The van der Waals surface area contributed by atoms with Crippen LogP contribution in [0, 0.1) is 11.8 Å². The van der Waals surface area contributed by atoms with E-state index in [0.29, 0.717) is 35.5 Å².